The van der Waals surface area contributed by atoms with Crippen LogP contribution in [0.15, 0.2) is 43.0 Å². The number of para-hydroxylation sites is 1. The van der Waals surface area contributed by atoms with Crippen LogP contribution in [0.3, 0.4) is 0 Å². The highest BCUT2D eigenvalue weighted by atomic mass is 32.2. The molecule has 1 saturated carbocycles. The number of rotatable bonds is 10. The van der Waals surface area contributed by atoms with Crippen LogP contribution in [0.4, 0.5) is 18.0 Å². The highest BCUT2D eigenvalue weighted by molar-refractivity contribution is 7.90. The molecule has 1 aromatic heterocycles. The zero-order valence-corrected chi connectivity index (χ0v) is 26.3. The number of benzene rings is 1. The van der Waals surface area contributed by atoms with Crippen molar-refractivity contribution in [1.29, 1.82) is 0 Å². The van der Waals surface area contributed by atoms with E-state index in [-0.39, 0.29) is 37.1 Å². The number of aromatic nitrogens is 1. The summed E-state index contributed by atoms with van der Waals surface area (Å²) in [6.07, 6.45) is -4.16. The monoisotopic (exact) mass is 654 g/mol. The van der Waals surface area contributed by atoms with Crippen LogP contribution in [-0.4, -0.2) is 71.3 Å². The van der Waals surface area contributed by atoms with E-state index in [9.17, 15) is 36.0 Å². The maximum absolute atomic E-state index is 13.8. The molecule has 45 heavy (non-hydrogen) atoms. The molecule has 4 rings (SSSR count). The van der Waals surface area contributed by atoms with Gasteiger partial charge >= 0.3 is 12.3 Å². The number of allylic oxidation sites excluding steroid dienone is 1. The molecular weight excluding hydrogens is 617 g/mol. The number of amides is 3. The number of carbonyl (C=O) groups is 3. The Kier molecular flexibility index (Phi) is 9.44. The molecule has 0 bridgehead atoms. The van der Waals surface area contributed by atoms with Crippen LogP contribution < -0.4 is 14.8 Å². The summed E-state index contributed by atoms with van der Waals surface area (Å²) in [6, 6.07) is 5.60. The van der Waals surface area contributed by atoms with E-state index in [1.807, 2.05) is 0 Å². The lowest BCUT2D eigenvalue weighted by Crippen LogP contribution is -2.61. The van der Waals surface area contributed by atoms with E-state index in [1.54, 1.807) is 32.9 Å². The van der Waals surface area contributed by atoms with Crippen molar-refractivity contribution in [2.24, 2.45) is 0 Å². The molecule has 11 nitrogen and oxygen atoms in total. The number of fused-ring (bicyclic) bond motifs is 1. The topological polar surface area (TPSA) is 144 Å². The molecule has 3 unspecified atom stereocenters. The van der Waals surface area contributed by atoms with E-state index in [0.29, 0.717) is 18.2 Å². The number of nitrogens with one attached hydrogen (secondary N) is 2. The van der Waals surface area contributed by atoms with Gasteiger partial charge in [-0.2, -0.15) is 13.2 Å². The highest BCUT2D eigenvalue weighted by Gasteiger charge is 2.47. The van der Waals surface area contributed by atoms with E-state index >= 15 is 0 Å². The molecule has 1 aromatic carbocycles. The molecule has 0 spiro atoms. The van der Waals surface area contributed by atoms with Crippen molar-refractivity contribution in [3.63, 3.8) is 0 Å². The summed E-state index contributed by atoms with van der Waals surface area (Å²) >= 11 is 0. The number of pyridine rings is 1. The first-order valence-electron chi connectivity index (χ1n) is 14.5. The number of ether oxygens (including phenoxy) is 2. The zero-order chi connectivity index (χ0) is 33.4. The van der Waals surface area contributed by atoms with Gasteiger partial charge < -0.3 is 14.8 Å². The van der Waals surface area contributed by atoms with E-state index in [1.165, 1.54) is 25.1 Å². The van der Waals surface area contributed by atoms with Gasteiger partial charge in [0.2, 0.25) is 15.9 Å². The van der Waals surface area contributed by atoms with Crippen LogP contribution in [0.25, 0.3) is 10.9 Å². The van der Waals surface area contributed by atoms with Crippen LogP contribution in [0.1, 0.15) is 65.5 Å². The second-order valence-electron chi connectivity index (χ2n) is 12.5. The Bertz CT molecular complexity index is 1590. The molecule has 1 aliphatic heterocycles. The summed E-state index contributed by atoms with van der Waals surface area (Å²) < 4.78 is 79.5. The summed E-state index contributed by atoms with van der Waals surface area (Å²) in [5, 5.41) is 2.23. The van der Waals surface area contributed by atoms with Gasteiger partial charge in [-0.15, -0.1) is 6.58 Å². The number of alkyl halides is 3. The van der Waals surface area contributed by atoms with Gasteiger partial charge in [0.05, 0.1) is 17.3 Å². The first kappa shape index (κ1) is 34.0. The fourth-order valence-electron chi connectivity index (χ4n) is 4.90. The van der Waals surface area contributed by atoms with Crippen LogP contribution in [0.2, 0.25) is 0 Å². The van der Waals surface area contributed by atoms with E-state index in [0.717, 1.165) is 11.0 Å². The van der Waals surface area contributed by atoms with Crippen LogP contribution in [0, 0.1) is 0 Å². The minimum Gasteiger partial charge on any atom is -0.488 e. The number of hydrogen-bond acceptors (Lipinski definition) is 8. The van der Waals surface area contributed by atoms with Crippen LogP contribution in [-0.2, 0) is 30.5 Å². The average molecular weight is 655 g/mol. The molecule has 2 heterocycles. The van der Waals surface area contributed by atoms with Gasteiger partial charge in [-0.1, -0.05) is 18.2 Å². The number of halogens is 3. The maximum Gasteiger partial charge on any atom is 0.433 e. The van der Waals surface area contributed by atoms with Crippen LogP contribution >= 0.6 is 0 Å². The lowest BCUT2D eigenvalue weighted by Gasteiger charge is -2.33. The summed E-state index contributed by atoms with van der Waals surface area (Å²) in [5.74, 6) is -1.88. The first-order chi connectivity index (χ1) is 20.8. The van der Waals surface area contributed by atoms with Crippen molar-refractivity contribution in [3.05, 3.63) is 48.7 Å². The Morgan fingerprint density at radius 1 is 1.13 bits per heavy atom. The second kappa shape index (κ2) is 12.5. The SMILES string of the molecule is C=CCCC(C)(NC(=O)C1CC(Oc2cc(C(F)(F)F)nc3ccccc23)CN1C(=O)OC(C)(C)C)C(=O)NS(=O)(=O)C1CC1. The number of hydrogen-bond donors (Lipinski definition) is 2. The summed E-state index contributed by atoms with van der Waals surface area (Å²) in [6.45, 7) is 9.66. The van der Waals surface area contributed by atoms with Gasteiger partial charge in [0, 0.05) is 17.9 Å². The molecule has 15 heteroatoms. The largest absolute Gasteiger partial charge is 0.488 e. The fourth-order valence-corrected chi connectivity index (χ4v) is 6.31. The van der Waals surface area contributed by atoms with E-state index in [4.69, 9.17) is 9.47 Å². The van der Waals surface area contributed by atoms with Crippen molar-refractivity contribution in [2.45, 2.75) is 94.5 Å². The smallest absolute Gasteiger partial charge is 0.433 e. The fraction of sp³-hybridized carbons (Fsp3) is 0.533. The predicted octanol–water partition coefficient (Wildman–Crippen LogP) is 4.46. The molecule has 1 aliphatic carbocycles. The third-order valence-electron chi connectivity index (χ3n) is 7.40. The molecule has 1 saturated heterocycles. The molecule has 2 fully saturated rings. The third kappa shape index (κ3) is 8.24. The van der Waals surface area contributed by atoms with Crippen molar-refractivity contribution in [3.8, 4) is 5.75 Å². The lowest BCUT2D eigenvalue weighted by molar-refractivity contribution is -0.141. The van der Waals surface area contributed by atoms with Gasteiger partial charge in [-0.3, -0.25) is 19.2 Å². The standard InChI is InChI=1S/C30H37F3N4O7S/c1-6-7-14-29(5,26(39)36-45(41,42)19-12-13-19)35-25(38)22-15-18(17-37(22)27(40)44-28(2,3)4)43-23-16-24(30(31,32)33)34-21-11-9-8-10-20(21)23/h6,8-11,16,18-19,22H,1,7,12-15,17H2,2-5H3,(H,35,38)(H,36,39). The second-order valence-corrected chi connectivity index (χ2v) is 14.4. The molecular formula is C30H37F3N4O7S. The first-order valence-corrected chi connectivity index (χ1v) is 16.0. The quantitative estimate of drug-likeness (QED) is 0.358. The van der Waals surface area contributed by atoms with Crippen molar-refractivity contribution in [1.82, 2.24) is 19.9 Å². The van der Waals surface area contributed by atoms with Gasteiger partial charge in [0.15, 0.2) is 0 Å². The Morgan fingerprint density at radius 2 is 1.80 bits per heavy atom. The number of sulfonamides is 1. The van der Waals surface area contributed by atoms with E-state index < -0.39 is 68.3 Å². The van der Waals surface area contributed by atoms with Gasteiger partial charge in [-0.25, -0.2) is 18.2 Å². The minimum absolute atomic E-state index is 0.00340. The molecule has 246 valence electrons. The Morgan fingerprint density at radius 3 is 2.40 bits per heavy atom. The molecule has 0 radical (unpaired) electrons. The summed E-state index contributed by atoms with van der Waals surface area (Å²) in [5.41, 5.74) is -3.79. The number of likely N-dealkylation sites (tertiary alicyclic amines) is 1. The number of carbonyl (C=O) groups excluding carboxylic acids is 3. The average Bonchev–Trinajstić information content (AvgIpc) is 3.71. The summed E-state index contributed by atoms with van der Waals surface area (Å²) in [7, 11) is -3.94. The van der Waals surface area contributed by atoms with Crippen LogP contribution in [0.5, 0.6) is 5.75 Å². The third-order valence-corrected chi connectivity index (χ3v) is 9.22. The molecule has 2 N–H and O–H groups in total. The van der Waals surface area contributed by atoms with Gasteiger partial charge in [0.1, 0.15) is 34.7 Å². The Balaban J connectivity index is 1.63. The van der Waals surface area contributed by atoms with Crippen molar-refractivity contribution >= 4 is 38.8 Å². The summed E-state index contributed by atoms with van der Waals surface area (Å²) in [4.78, 5) is 45.1. The number of nitrogens with zero attached hydrogens (tertiary/aromatic N) is 2. The minimum atomic E-state index is -4.76. The van der Waals surface area contributed by atoms with E-state index in [2.05, 4.69) is 21.6 Å². The van der Waals surface area contributed by atoms with Crippen molar-refractivity contribution < 1.29 is 45.4 Å². The van der Waals surface area contributed by atoms with Crippen molar-refractivity contribution in [2.75, 3.05) is 6.54 Å². The normalized spacial score (nSPS) is 20.3. The zero-order valence-electron chi connectivity index (χ0n) is 25.4. The highest BCUT2D eigenvalue weighted by Crippen LogP contribution is 2.36. The van der Waals surface area contributed by atoms with Gasteiger partial charge in [0.25, 0.3) is 5.91 Å². The maximum atomic E-state index is 13.8. The molecule has 2 aliphatic rings. The molecule has 3 amide bonds. The molecule has 2 aromatic rings. The molecule has 3 atom stereocenters. The van der Waals surface area contributed by atoms with Gasteiger partial charge in [-0.05, 0) is 65.5 Å². The Labute approximate surface area is 259 Å². The lowest BCUT2D eigenvalue weighted by atomic mass is 9.94. The Hall–Kier alpha value is -3.88. The predicted molar refractivity (Wildman–Crippen MR) is 159 cm³/mol.